The molecule has 0 aromatic carbocycles. The molecule has 0 radical (unpaired) electrons. The van der Waals surface area contributed by atoms with Crippen molar-refractivity contribution in [3.05, 3.63) is 12.2 Å². The van der Waals surface area contributed by atoms with Gasteiger partial charge in [0.05, 0.1) is 6.61 Å². The van der Waals surface area contributed by atoms with Gasteiger partial charge in [-0.1, -0.05) is 57.9 Å². The quantitative estimate of drug-likeness (QED) is 0.267. The number of esters is 1. The Morgan fingerprint density at radius 3 is 1.71 bits per heavy atom. The standard InChI is InChI=1S/C18H35NO2/c1-17(2)18(20)21-16-14-12-10-8-6-5-7-9-11-13-15-19(3)4/h1,5-16H2,2-4H3. The fourth-order valence-electron chi connectivity index (χ4n) is 2.23. The van der Waals surface area contributed by atoms with Gasteiger partial charge in [-0.2, -0.15) is 0 Å². The second-order valence-electron chi connectivity index (χ2n) is 6.26. The Hall–Kier alpha value is -0.830. The molecule has 21 heavy (non-hydrogen) atoms. The van der Waals surface area contributed by atoms with E-state index in [0.29, 0.717) is 12.2 Å². The first kappa shape index (κ1) is 20.2. The van der Waals surface area contributed by atoms with E-state index in [2.05, 4.69) is 25.6 Å². The molecule has 0 aliphatic heterocycles. The summed E-state index contributed by atoms with van der Waals surface area (Å²) in [6, 6.07) is 0. The van der Waals surface area contributed by atoms with Crippen LogP contribution < -0.4 is 0 Å². The maximum atomic E-state index is 11.1. The first-order chi connectivity index (χ1) is 10.0. The van der Waals surface area contributed by atoms with Gasteiger partial charge in [-0.05, 0) is 40.4 Å². The summed E-state index contributed by atoms with van der Waals surface area (Å²) in [7, 11) is 4.28. The molecular formula is C18H35NO2. The smallest absolute Gasteiger partial charge is 0.333 e. The van der Waals surface area contributed by atoms with E-state index in [0.717, 1.165) is 12.8 Å². The number of carbonyl (C=O) groups excluding carboxylic acids is 1. The summed E-state index contributed by atoms with van der Waals surface area (Å²) in [5.74, 6) is -0.260. The number of rotatable bonds is 14. The summed E-state index contributed by atoms with van der Waals surface area (Å²) < 4.78 is 5.06. The van der Waals surface area contributed by atoms with Crippen molar-refractivity contribution in [3.63, 3.8) is 0 Å². The molecule has 0 amide bonds. The van der Waals surface area contributed by atoms with Gasteiger partial charge in [0.2, 0.25) is 0 Å². The summed E-state index contributed by atoms with van der Waals surface area (Å²) in [4.78, 5) is 13.4. The average molecular weight is 297 g/mol. The minimum Gasteiger partial charge on any atom is -0.462 e. The Labute approximate surface area is 131 Å². The maximum Gasteiger partial charge on any atom is 0.333 e. The van der Waals surface area contributed by atoms with Crippen LogP contribution in [-0.2, 0) is 9.53 Å². The molecule has 0 bridgehead atoms. The lowest BCUT2D eigenvalue weighted by atomic mass is 10.1. The second kappa shape index (κ2) is 14.1. The molecule has 3 heteroatoms. The van der Waals surface area contributed by atoms with Gasteiger partial charge in [-0.25, -0.2) is 4.79 Å². The molecule has 0 unspecified atom stereocenters. The molecule has 3 nitrogen and oxygen atoms in total. The SMILES string of the molecule is C=C(C)C(=O)OCCCCCCCCCCCCN(C)C. The normalized spacial score (nSPS) is 10.9. The number of carbonyl (C=O) groups is 1. The molecule has 124 valence electrons. The highest BCUT2D eigenvalue weighted by Gasteiger charge is 2.01. The summed E-state index contributed by atoms with van der Waals surface area (Å²) in [6.07, 6.45) is 12.9. The van der Waals surface area contributed by atoms with Gasteiger partial charge in [0.15, 0.2) is 0 Å². The fraction of sp³-hybridized carbons (Fsp3) is 0.833. The lowest BCUT2D eigenvalue weighted by Gasteiger charge is -2.08. The van der Waals surface area contributed by atoms with Crippen LogP contribution in [0.4, 0.5) is 0 Å². The van der Waals surface area contributed by atoms with Crippen molar-refractivity contribution < 1.29 is 9.53 Å². The summed E-state index contributed by atoms with van der Waals surface area (Å²) >= 11 is 0. The van der Waals surface area contributed by atoms with E-state index < -0.39 is 0 Å². The van der Waals surface area contributed by atoms with Gasteiger partial charge in [0.1, 0.15) is 0 Å². The zero-order chi connectivity index (χ0) is 15.9. The Balaban J connectivity index is 3.09. The Bertz CT molecular complexity index is 274. The van der Waals surface area contributed by atoms with Crippen LogP contribution in [-0.4, -0.2) is 38.1 Å². The maximum absolute atomic E-state index is 11.1. The van der Waals surface area contributed by atoms with E-state index in [1.165, 1.54) is 57.9 Å². The van der Waals surface area contributed by atoms with Gasteiger partial charge in [-0.3, -0.25) is 0 Å². The van der Waals surface area contributed by atoms with Crippen LogP contribution in [0.15, 0.2) is 12.2 Å². The molecular weight excluding hydrogens is 262 g/mol. The molecule has 0 N–H and O–H groups in total. The van der Waals surface area contributed by atoms with Gasteiger partial charge in [-0.15, -0.1) is 0 Å². The summed E-state index contributed by atoms with van der Waals surface area (Å²) in [5, 5.41) is 0. The van der Waals surface area contributed by atoms with Crippen LogP contribution in [0, 0.1) is 0 Å². The van der Waals surface area contributed by atoms with E-state index in [9.17, 15) is 4.79 Å². The second-order valence-corrected chi connectivity index (χ2v) is 6.26. The number of unbranched alkanes of at least 4 members (excludes halogenated alkanes) is 9. The van der Waals surface area contributed by atoms with Gasteiger partial charge in [0, 0.05) is 5.57 Å². The predicted octanol–water partition coefficient (Wildman–Crippen LogP) is 4.57. The van der Waals surface area contributed by atoms with Crippen LogP contribution in [0.1, 0.15) is 71.1 Å². The largest absolute Gasteiger partial charge is 0.462 e. The molecule has 0 saturated carbocycles. The first-order valence-corrected chi connectivity index (χ1v) is 8.51. The van der Waals surface area contributed by atoms with Crippen LogP contribution in [0.3, 0.4) is 0 Å². The molecule has 0 fully saturated rings. The van der Waals surface area contributed by atoms with Crippen LogP contribution in [0.25, 0.3) is 0 Å². The zero-order valence-electron chi connectivity index (χ0n) is 14.5. The predicted molar refractivity (Wildman–Crippen MR) is 90.5 cm³/mol. The molecule has 0 heterocycles. The molecule has 0 rings (SSSR count). The molecule has 0 atom stereocenters. The van der Waals surface area contributed by atoms with Crippen LogP contribution >= 0.6 is 0 Å². The number of ether oxygens (including phenoxy) is 1. The van der Waals surface area contributed by atoms with E-state index in [-0.39, 0.29) is 5.97 Å². The highest BCUT2D eigenvalue weighted by atomic mass is 16.5. The van der Waals surface area contributed by atoms with Gasteiger partial charge >= 0.3 is 5.97 Å². The minimum absolute atomic E-state index is 0.260. The number of hydrogen-bond donors (Lipinski definition) is 0. The molecule has 0 aromatic heterocycles. The molecule has 0 aromatic rings. The van der Waals surface area contributed by atoms with E-state index in [1.807, 2.05) is 0 Å². The highest BCUT2D eigenvalue weighted by Crippen LogP contribution is 2.10. The third kappa shape index (κ3) is 15.4. The third-order valence-corrected chi connectivity index (χ3v) is 3.58. The van der Waals surface area contributed by atoms with E-state index in [4.69, 9.17) is 4.74 Å². The van der Waals surface area contributed by atoms with Crippen molar-refractivity contribution >= 4 is 5.97 Å². The lowest BCUT2D eigenvalue weighted by molar-refractivity contribution is -0.139. The van der Waals surface area contributed by atoms with Crippen molar-refractivity contribution in [1.82, 2.24) is 4.90 Å². The minimum atomic E-state index is -0.260. The van der Waals surface area contributed by atoms with Gasteiger partial charge < -0.3 is 9.64 Å². The summed E-state index contributed by atoms with van der Waals surface area (Å²) in [5.41, 5.74) is 0.487. The molecule has 0 aliphatic carbocycles. The van der Waals surface area contributed by atoms with Crippen molar-refractivity contribution in [1.29, 1.82) is 0 Å². The third-order valence-electron chi connectivity index (χ3n) is 3.58. The first-order valence-electron chi connectivity index (χ1n) is 8.51. The average Bonchev–Trinajstić information content (AvgIpc) is 2.43. The van der Waals surface area contributed by atoms with Crippen molar-refractivity contribution in [2.75, 3.05) is 27.2 Å². The lowest BCUT2D eigenvalue weighted by Crippen LogP contribution is -2.12. The van der Waals surface area contributed by atoms with E-state index >= 15 is 0 Å². The van der Waals surface area contributed by atoms with Gasteiger partial charge in [0.25, 0.3) is 0 Å². The summed E-state index contributed by atoms with van der Waals surface area (Å²) in [6.45, 7) is 7.00. The zero-order valence-corrected chi connectivity index (χ0v) is 14.5. The molecule has 0 aliphatic rings. The van der Waals surface area contributed by atoms with Crippen LogP contribution in [0.2, 0.25) is 0 Å². The highest BCUT2D eigenvalue weighted by molar-refractivity contribution is 5.86. The number of hydrogen-bond acceptors (Lipinski definition) is 3. The molecule has 0 spiro atoms. The van der Waals surface area contributed by atoms with Crippen molar-refractivity contribution in [2.45, 2.75) is 71.1 Å². The molecule has 0 saturated heterocycles. The topological polar surface area (TPSA) is 29.5 Å². The fourth-order valence-corrected chi connectivity index (χ4v) is 2.23. The Morgan fingerprint density at radius 2 is 1.29 bits per heavy atom. The Kier molecular flexibility index (Phi) is 13.6. The number of nitrogens with zero attached hydrogens (tertiary/aromatic N) is 1. The monoisotopic (exact) mass is 297 g/mol. The van der Waals surface area contributed by atoms with E-state index in [1.54, 1.807) is 6.92 Å². The van der Waals surface area contributed by atoms with Crippen molar-refractivity contribution in [2.24, 2.45) is 0 Å². The Morgan fingerprint density at radius 1 is 0.857 bits per heavy atom. The van der Waals surface area contributed by atoms with Crippen LogP contribution in [0.5, 0.6) is 0 Å². The van der Waals surface area contributed by atoms with Crippen molar-refractivity contribution in [3.8, 4) is 0 Å².